The van der Waals surface area contributed by atoms with E-state index in [1.807, 2.05) is 0 Å². The highest BCUT2D eigenvalue weighted by Crippen LogP contribution is 2.32. The van der Waals surface area contributed by atoms with Crippen LogP contribution in [0.3, 0.4) is 0 Å². The van der Waals surface area contributed by atoms with Crippen LogP contribution in [0.4, 0.5) is 29.6 Å². The van der Waals surface area contributed by atoms with Crippen LogP contribution in [0.5, 0.6) is 0 Å². The quantitative estimate of drug-likeness (QED) is 0.413. The summed E-state index contributed by atoms with van der Waals surface area (Å²) in [4.78, 5) is 32.2. The number of aryl methyl sites for hydroxylation is 2. The zero-order valence-corrected chi connectivity index (χ0v) is 20.6. The highest BCUT2D eigenvalue weighted by atomic mass is 19.4. The molecule has 202 valence electrons. The number of amides is 1. The van der Waals surface area contributed by atoms with E-state index in [-0.39, 0.29) is 36.9 Å². The molecule has 1 aliphatic rings. The minimum absolute atomic E-state index is 0.00362. The van der Waals surface area contributed by atoms with Gasteiger partial charge in [-0.05, 0) is 36.8 Å². The van der Waals surface area contributed by atoms with Gasteiger partial charge in [-0.2, -0.15) is 18.3 Å². The fraction of sp³-hybridized carbons (Fsp3) is 0.400. The number of carbonyl (C=O) groups excluding carboxylic acids is 1. The van der Waals surface area contributed by atoms with Gasteiger partial charge in [-0.1, -0.05) is 24.3 Å². The molecular formula is C25H27F3N6O4. The summed E-state index contributed by atoms with van der Waals surface area (Å²) in [6.45, 7) is 0.799. The first-order valence-corrected chi connectivity index (χ1v) is 12.0. The number of halogens is 3. The first kappa shape index (κ1) is 26.9. The second-order valence-electron chi connectivity index (χ2n) is 8.91. The van der Waals surface area contributed by atoms with Gasteiger partial charge in [0.1, 0.15) is 0 Å². The number of hydrogen-bond acceptors (Lipinski definition) is 7. The third-order valence-electron chi connectivity index (χ3n) is 6.45. The highest BCUT2D eigenvalue weighted by Gasteiger charge is 2.35. The lowest BCUT2D eigenvalue weighted by Crippen LogP contribution is -2.38. The second-order valence-corrected chi connectivity index (χ2v) is 8.91. The molecular weight excluding hydrogens is 505 g/mol. The standard InChI is InChI=1S/C25H27F3N6O4/c1-38-22(35)12-17-5-3-2-4-16(17)6-7-21-20(25(26,27)28)14-29-23(32-21)31-18-13-30-34(15-18)19-8-10-33(11-9-19)24(36)37/h2-5,13-15,19H,6-12H2,1H3,(H,36,37)(H,29,31,32). The van der Waals surface area contributed by atoms with E-state index in [0.29, 0.717) is 37.2 Å². The second kappa shape index (κ2) is 11.5. The number of methoxy groups -OCH3 is 1. The minimum atomic E-state index is -4.63. The topological polar surface area (TPSA) is 122 Å². The van der Waals surface area contributed by atoms with Gasteiger partial charge in [-0.25, -0.2) is 14.8 Å². The summed E-state index contributed by atoms with van der Waals surface area (Å²) in [6.07, 6.45) is -0.157. The van der Waals surface area contributed by atoms with Crippen molar-refractivity contribution >= 4 is 23.7 Å². The van der Waals surface area contributed by atoms with Crippen molar-refractivity contribution in [1.82, 2.24) is 24.6 Å². The smallest absolute Gasteiger partial charge is 0.419 e. The first-order chi connectivity index (χ1) is 18.1. The molecule has 0 unspecified atom stereocenters. The number of esters is 1. The number of piperidine rings is 1. The number of likely N-dealkylation sites (tertiary alicyclic amines) is 1. The predicted octanol–water partition coefficient (Wildman–Crippen LogP) is 4.25. The highest BCUT2D eigenvalue weighted by molar-refractivity contribution is 5.72. The molecule has 0 aliphatic carbocycles. The molecule has 1 fully saturated rings. The number of ether oxygens (including phenoxy) is 1. The van der Waals surface area contributed by atoms with Crippen LogP contribution in [0.25, 0.3) is 0 Å². The van der Waals surface area contributed by atoms with Crippen molar-refractivity contribution in [2.24, 2.45) is 0 Å². The summed E-state index contributed by atoms with van der Waals surface area (Å²) in [5.41, 5.74) is 0.821. The molecule has 0 spiro atoms. The number of nitrogens with one attached hydrogen (secondary N) is 1. The van der Waals surface area contributed by atoms with Gasteiger partial charge < -0.3 is 20.1 Å². The van der Waals surface area contributed by atoms with Gasteiger partial charge in [0.25, 0.3) is 0 Å². The fourth-order valence-electron chi connectivity index (χ4n) is 4.41. The maximum atomic E-state index is 13.7. The molecule has 2 N–H and O–H groups in total. The Morgan fingerprint density at radius 3 is 2.50 bits per heavy atom. The molecule has 1 aromatic carbocycles. The lowest BCUT2D eigenvalue weighted by molar-refractivity contribution is -0.140. The number of aromatic nitrogens is 4. The fourth-order valence-corrected chi connectivity index (χ4v) is 4.41. The monoisotopic (exact) mass is 532 g/mol. The molecule has 0 radical (unpaired) electrons. The van der Waals surface area contributed by atoms with E-state index < -0.39 is 23.8 Å². The molecule has 4 rings (SSSR count). The predicted molar refractivity (Wildman–Crippen MR) is 130 cm³/mol. The van der Waals surface area contributed by atoms with Crippen molar-refractivity contribution in [1.29, 1.82) is 0 Å². The molecule has 13 heteroatoms. The Kier molecular flexibility index (Phi) is 8.13. The zero-order chi connectivity index (χ0) is 27.3. The van der Waals surface area contributed by atoms with Crippen molar-refractivity contribution in [3.05, 3.63) is 65.2 Å². The average Bonchev–Trinajstić information content (AvgIpc) is 3.36. The van der Waals surface area contributed by atoms with E-state index in [2.05, 4.69) is 20.4 Å². The third kappa shape index (κ3) is 6.58. The Balaban J connectivity index is 1.48. The Bertz CT molecular complexity index is 1290. The number of alkyl halides is 3. The van der Waals surface area contributed by atoms with E-state index in [1.54, 1.807) is 35.1 Å². The van der Waals surface area contributed by atoms with E-state index in [0.717, 1.165) is 11.8 Å². The van der Waals surface area contributed by atoms with Gasteiger partial charge in [0.2, 0.25) is 5.95 Å². The van der Waals surface area contributed by atoms with Gasteiger partial charge in [0, 0.05) is 25.5 Å². The number of carboxylic acid groups (broad SMARTS) is 1. The SMILES string of the molecule is COC(=O)Cc1ccccc1CCc1nc(Nc2cnn(C3CCN(C(=O)O)CC3)c2)ncc1C(F)(F)F. The molecule has 0 bridgehead atoms. The number of nitrogens with zero attached hydrogens (tertiary/aromatic N) is 5. The molecule has 0 atom stereocenters. The summed E-state index contributed by atoms with van der Waals surface area (Å²) in [7, 11) is 1.28. The van der Waals surface area contributed by atoms with Gasteiger partial charge in [-0.3, -0.25) is 9.48 Å². The van der Waals surface area contributed by atoms with Crippen molar-refractivity contribution in [2.45, 2.75) is 44.3 Å². The Hall–Kier alpha value is -4.16. The summed E-state index contributed by atoms with van der Waals surface area (Å²) in [6, 6.07) is 7.03. The van der Waals surface area contributed by atoms with Crippen LogP contribution >= 0.6 is 0 Å². The number of benzene rings is 1. The molecule has 1 aliphatic heterocycles. The normalized spacial score (nSPS) is 14.4. The summed E-state index contributed by atoms with van der Waals surface area (Å²) >= 11 is 0. The maximum Gasteiger partial charge on any atom is 0.419 e. The summed E-state index contributed by atoms with van der Waals surface area (Å²) in [5, 5.41) is 16.3. The Labute approximate surface area is 216 Å². The number of carbonyl (C=O) groups is 2. The van der Waals surface area contributed by atoms with Gasteiger partial charge >= 0.3 is 18.2 Å². The molecule has 10 nitrogen and oxygen atoms in total. The van der Waals surface area contributed by atoms with Crippen LogP contribution in [0.2, 0.25) is 0 Å². The lowest BCUT2D eigenvalue weighted by Gasteiger charge is -2.29. The first-order valence-electron chi connectivity index (χ1n) is 12.0. The third-order valence-corrected chi connectivity index (χ3v) is 6.45. The van der Waals surface area contributed by atoms with Gasteiger partial charge in [0.05, 0.1) is 42.7 Å². The minimum Gasteiger partial charge on any atom is -0.469 e. The van der Waals surface area contributed by atoms with Crippen molar-refractivity contribution < 1.29 is 32.6 Å². The van der Waals surface area contributed by atoms with Gasteiger partial charge in [-0.15, -0.1) is 0 Å². The zero-order valence-electron chi connectivity index (χ0n) is 20.6. The molecule has 38 heavy (non-hydrogen) atoms. The van der Waals surface area contributed by atoms with Crippen LogP contribution in [-0.2, 0) is 35.0 Å². The van der Waals surface area contributed by atoms with Crippen LogP contribution in [-0.4, -0.2) is 62.0 Å². The van der Waals surface area contributed by atoms with Crippen LogP contribution in [0.15, 0.2) is 42.9 Å². The van der Waals surface area contributed by atoms with Crippen LogP contribution in [0.1, 0.15) is 41.3 Å². The van der Waals surface area contributed by atoms with Crippen molar-refractivity contribution in [3.8, 4) is 0 Å². The van der Waals surface area contributed by atoms with Crippen molar-refractivity contribution in [2.75, 3.05) is 25.5 Å². The number of hydrogen-bond donors (Lipinski definition) is 2. The van der Waals surface area contributed by atoms with Crippen LogP contribution in [0, 0.1) is 0 Å². The summed E-state index contributed by atoms with van der Waals surface area (Å²) < 4.78 is 47.5. The molecule has 3 aromatic rings. The average molecular weight is 533 g/mol. The molecule has 3 heterocycles. The number of rotatable bonds is 8. The van der Waals surface area contributed by atoms with E-state index in [9.17, 15) is 22.8 Å². The molecule has 2 aromatic heterocycles. The lowest BCUT2D eigenvalue weighted by atomic mass is 9.98. The Morgan fingerprint density at radius 2 is 1.84 bits per heavy atom. The van der Waals surface area contributed by atoms with E-state index in [1.165, 1.54) is 18.2 Å². The van der Waals surface area contributed by atoms with E-state index >= 15 is 0 Å². The van der Waals surface area contributed by atoms with Crippen LogP contribution < -0.4 is 5.32 Å². The molecule has 0 saturated carbocycles. The van der Waals surface area contributed by atoms with E-state index in [4.69, 9.17) is 9.84 Å². The molecule has 1 amide bonds. The Morgan fingerprint density at radius 1 is 1.13 bits per heavy atom. The molecule has 1 saturated heterocycles. The van der Waals surface area contributed by atoms with Crippen molar-refractivity contribution in [3.63, 3.8) is 0 Å². The number of anilines is 2. The van der Waals surface area contributed by atoms with Gasteiger partial charge in [0.15, 0.2) is 0 Å². The summed E-state index contributed by atoms with van der Waals surface area (Å²) in [5.74, 6) is -0.439. The maximum absolute atomic E-state index is 13.7. The largest absolute Gasteiger partial charge is 0.469 e.